The molecule has 1 saturated carbocycles. The number of carbonyl (C=O) groups is 1. The number of para-hydroxylation sites is 1. The SMILES string of the molecule is O=C(NC1CCC2NNCC2C1)c1ccc2ccccc2n1. The van der Waals surface area contributed by atoms with E-state index in [0.29, 0.717) is 17.7 Å². The number of fused-ring (bicyclic) bond motifs is 2. The normalized spacial score (nSPS) is 27.5. The Morgan fingerprint density at radius 3 is 3.05 bits per heavy atom. The zero-order valence-corrected chi connectivity index (χ0v) is 12.4. The number of hydrogen-bond donors (Lipinski definition) is 3. The maximum absolute atomic E-state index is 12.4. The predicted octanol–water partition coefficient (Wildman–Crippen LogP) is 1.61. The Kier molecular flexibility index (Phi) is 3.52. The van der Waals surface area contributed by atoms with Crippen LogP contribution in [-0.4, -0.2) is 29.5 Å². The number of rotatable bonds is 2. The van der Waals surface area contributed by atoms with Crippen molar-refractivity contribution in [1.82, 2.24) is 21.2 Å². The summed E-state index contributed by atoms with van der Waals surface area (Å²) in [5.41, 5.74) is 7.89. The minimum absolute atomic E-state index is 0.0619. The van der Waals surface area contributed by atoms with E-state index in [1.807, 2.05) is 36.4 Å². The maximum atomic E-state index is 12.4. The van der Waals surface area contributed by atoms with E-state index in [2.05, 4.69) is 21.2 Å². The van der Waals surface area contributed by atoms with E-state index >= 15 is 0 Å². The van der Waals surface area contributed by atoms with Crippen LogP contribution in [0, 0.1) is 5.92 Å². The Balaban J connectivity index is 1.46. The smallest absolute Gasteiger partial charge is 0.270 e. The molecule has 3 atom stereocenters. The van der Waals surface area contributed by atoms with Crippen molar-refractivity contribution < 1.29 is 4.79 Å². The summed E-state index contributed by atoms with van der Waals surface area (Å²) < 4.78 is 0. The number of aromatic nitrogens is 1. The fraction of sp³-hybridized carbons (Fsp3) is 0.412. The molecule has 1 saturated heterocycles. The van der Waals surface area contributed by atoms with Gasteiger partial charge in [-0.15, -0.1) is 0 Å². The van der Waals surface area contributed by atoms with Crippen molar-refractivity contribution in [2.75, 3.05) is 6.54 Å². The van der Waals surface area contributed by atoms with Gasteiger partial charge in [-0.3, -0.25) is 15.6 Å². The number of hydrogen-bond acceptors (Lipinski definition) is 4. The van der Waals surface area contributed by atoms with E-state index in [1.165, 1.54) is 0 Å². The van der Waals surface area contributed by atoms with Crippen molar-refractivity contribution in [1.29, 1.82) is 0 Å². The van der Waals surface area contributed by atoms with Gasteiger partial charge in [0.05, 0.1) is 5.52 Å². The molecule has 1 aromatic carbocycles. The summed E-state index contributed by atoms with van der Waals surface area (Å²) in [6, 6.07) is 12.4. The molecule has 2 heterocycles. The second-order valence-corrected chi connectivity index (χ2v) is 6.26. The van der Waals surface area contributed by atoms with Gasteiger partial charge in [0.1, 0.15) is 5.69 Å². The average molecular weight is 296 g/mol. The maximum Gasteiger partial charge on any atom is 0.270 e. The number of amides is 1. The quantitative estimate of drug-likeness (QED) is 0.788. The predicted molar refractivity (Wildman–Crippen MR) is 85.3 cm³/mol. The summed E-state index contributed by atoms with van der Waals surface area (Å²) in [5, 5.41) is 4.21. The van der Waals surface area contributed by atoms with Gasteiger partial charge in [-0.1, -0.05) is 24.3 Å². The molecule has 114 valence electrons. The van der Waals surface area contributed by atoms with Gasteiger partial charge in [0, 0.05) is 24.0 Å². The van der Waals surface area contributed by atoms with E-state index in [0.717, 1.165) is 36.7 Å². The highest BCUT2D eigenvalue weighted by Gasteiger charge is 2.34. The molecule has 0 bridgehead atoms. The number of carbonyl (C=O) groups excluding carboxylic acids is 1. The van der Waals surface area contributed by atoms with Gasteiger partial charge in [-0.25, -0.2) is 4.98 Å². The summed E-state index contributed by atoms with van der Waals surface area (Å²) in [4.78, 5) is 16.9. The molecule has 2 fully saturated rings. The standard InChI is InChI=1S/C17H20N4O/c22-17(16-7-5-11-3-1-2-4-14(11)20-16)19-13-6-8-15-12(9-13)10-18-21-15/h1-5,7,12-13,15,18,21H,6,8-10H2,(H,19,22). The van der Waals surface area contributed by atoms with E-state index in [4.69, 9.17) is 0 Å². The summed E-state index contributed by atoms with van der Waals surface area (Å²) in [6.45, 7) is 0.991. The van der Waals surface area contributed by atoms with Gasteiger partial charge in [0.25, 0.3) is 5.91 Å². The second-order valence-electron chi connectivity index (χ2n) is 6.26. The molecule has 0 spiro atoms. The van der Waals surface area contributed by atoms with Crippen LogP contribution in [0.1, 0.15) is 29.8 Å². The van der Waals surface area contributed by atoms with Crippen molar-refractivity contribution in [3.05, 3.63) is 42.1 Å². The first-order valence-electron chi connectivity index (χ1n) is 7.94. The number of pyridine rings is 1. The highest BCUT2D eigenvalue weighted by atomic mass is 16.1. The van der Waals surface area contributed by atoms with Crippen LogP contribution < -0.4 is 16.2 Å². The highest BCUT2D eigenvalue weighted by molar-refractivity contribution is 5.95. The lowest BCUT2D eigenvalue weighted by Crippen LogP contribution is -2.44. The van der Waals surface area contributed by atoms with Crippen molar-refractivity contribution in [3.8, 4) is 0 Å². The fourth-order valence-electron chi connectivity index (χ4n) is 3.58. The Labute approximate surface area is 129 Å². The summed E-state index contributed by atoms with van der Waals surface area (Å²) >= 11 is 0. The molecule has 2 aromatic rings. The van der Waals surface area contributed by atoms with Gasteiger partial charge >= 0.3 is 0 Å². The van der Waals surface area contributed by atoms with Crippen molar-refractivity contribution in [2.45, 2.75) is 31.3 Å². The zero-order valence-electron chi connectivity index (χ0n) is 12.4. The molecule has 3 unspecified atom stereocenters. The van der Waals surface area contributed by atoms with E-state index < -0.39 is 0 Å². The van der Waals surface area contributed by atoms with Crippen LogP contribution in [0.15, 0.2) is 36.4 Å². The third-order valence-corrected chi connectivity index (χ3v) is 4.80. The molecule has 5 nitrogen and oxygen atoms in total. The Bertz CT molecular complexity index is 702. The van der Waals surface area contributed by atoms with Gasteiger partial charge in [0.2, 0.25) is 0 Å². The van der Waals surface area contributed by atoms with Crippen molar-refractivity contribution >= 4 is 16.8 Å². The van der Waals surface area contributed by atoms with Crippen LogP contribution in [0.2, 0.25) is 0 Å². The molecule has 1 aliphatic carbocycles. The molecule has 0 radical (unpaired) electrons. The molecule has 3 N–H and O–H groups in total. The van der Waals surface area contributed by atoms with E-state index in [9.17, 15) is 4.79 Å². The minimum atomic E-state index is -0.0619. The molecular weight excluding hydrogens is 276 g/mol. The Hall–Kier alpha value is -1.98. The third kappa shape index (κ3) is 2.58. The van der Waals surface area contributed by atoms with Crippen LogP contribution in [-0.2, 0) is 0 Å². The molecule has 1 aliphatic heterocycles. The fourth-order valence-corrected chi connectivity index (χ4v) is 3.58. The molecule has 22 heavy (non-hydrogen) atoms. The van der Waals surface area contributed by atoms with E-state index in [1.54, 1.807) is 0 Å². The topological polar surface area (TPSA) is 66.1 Å². The first-order chi connectivity index (χ1) is 10.8. The lowest BCUT2D eigenvalue weighted by Gasteiger charge is -2.31. The molecule has 1 aromatic heterocycles. The van der Waals surface area contributed by atoms with Gasteiger partial charge in [0.15, 0.2) is 0 Å². The van der Waals surface area contributed by atoms with Crippen LogP contribution >= 0.6 is 0 Å². The van der Waals surface area contributed by atoms with Gasteiger partial charge in [-0.2, -0.15) is 0 Å². The first-order valence-corrected chi connectivity index (χ1v) is 7.94. The lowest BCUT2D eigenvalue weighted by molar-refractivity contribution is 0.0913. The summed E-state index contributed by atoms with van der Waals surface area (Å²) in [5.74, 6) is 0.553. The van der Waals surface area contributed by atoms with Gasteiger partial charge in [-0.05, 0) is 37.3 Å². The van der Waals surface area contributed by atoms with Gasteiger partial charge < -0.3 is 5.32 Å². The lowest BCUT2D eigenvalue weighted by atomic mass is 9.83. The zero-order chi connectivity index (χ0) is 14.9. The molecule has 5 heteroatoms. The van der Waals surface area contributed by atoms with Crippen molar-refractivity contribution in [3.63, 3.8) is 0 Å². The summed E-state index contributed by atoms with van der Waals surface area (Å²) in [7, 11) is 0. The number of nitrogens with zero attached hydrogens (tertiary/aromatic N) is 1. The highest BCUT2D eigenvalue weighted by Crippen LogP contribution is 2.26. The molecular formula is C17H20N4O. The number of hydrazine groups is 1. The third-order valence-electron chi connectivity index (χ3n) is 4.80. The average Bonchev–Trinajstić information content (AvgIpc) is 3.02. The largest absolute Gasteiger partial charge is 0.348 e. The minimum Gasteiger partial charge on any atom is -0.348 e. The monoisotopic (exact) mass is 296 g/mol. The molecule has 2 aliphatic rings. The Morgan fingerprint density at radius 2 is 2.09 bits per heavy atom. The number of benzene rings is 1. The van der Waals surface area contributed by atoms with Crippen LogP contribution in [0.3, 0.4) is 0 Å². The molecule has 1 amide bonds. The number of nitrogens with one attached hydrogen (secondary N) is 3. The van der Waals surface area contributed by atoms with Crippen LogP contribution in [0.25, 0.3) is 10.9 Å². The van der Waals surface area contributed by atoms with E-state index in [-0.39, 0.29) is 11.9 Å². The van der Waals surface area contributed by atoms with Crippen LogP contribution in [0.5, 0.6) is 0 Å². The second kappa shape index (κ2) is 5.66. The van der Waals surface area contributed by atoms with Crippen LogP contribution in [0.4, 0.5) is 0 Å². The van der Waals surface area contributed by atoms with Crippen molar-refractivity contribution in [2.24, 2.45) is 5.92 Å². The molecule has 4 rings (SSSR count). The summed E-state index contributed by atoms with van der Waals surface area (Å²) in [6.07, 6.45) is 3.16. The first kappa shape index (κ1) is 13.7. The Morgan fingerprint density at radius 1 is 1.18 bits per heavy atom.